The molecule has 0 bridgehead atoms. The van der Waals surface area contributed by atoms with Crippen molar-refractivity contribution in [1.82, 2.24) is 4.72 Å². The second kappa shape index (κ2) is 7.13. The fourth-order valence-electron chi connectivity index (χ4n) is 1.36. The van der Waals surface area contributed by atoms with Crippen molar-refractivity contribution in [3.63, 3.8) is 0 Å². The Hall–Kier alpha value is -1.77. The molecule has 0 aliphatic carbocycles. The smallest absolute Gasteiger partial charge is 0.328 e. The van der Waals surface area contributed by atoms with Crippen LogP contribution in [-0.2, 0) is 19.6 Å². The van der Waals surface area contributed by atoms with E-state index in [-0.39, 0.29) is 18.7 Å². The van der Waals surface area contributed by atoms with Crippen molar-refractivity contribution in [2.45, 2.75) is 4.90 Å². The fraction of sp³-hybridized carbons (Fsp3) is 0.250. The maximum atomic E-state index is 13.7. The van der Waals surface area contributed by atoms with Crippen LogP contribution in [0.4, 0.5) is 4.39 Å². The first kappa shape index (κ1) is 16.3. The van der Waals surface area contributed by atoms with Gasteiger partial charge in [-0.2, -0.15) is 0 Å². The van der Waals surface area contributed by atoms with E-state index in [9.17, 15) is 17.6 Å². The van der Waals surface area contributed by atoms with E-state index in [1.165, 1.54) is 19.3 Å². The number of ether oxygens (including phenoxy) is 1. The van der Waals surface area contributed by atoms with Gasteiger partial charge in [0, 0.05) is 19.7 Å². The average molecular weight is 303 g/mol. The highest BCUT2D eigenvalue weighted by Gasteiger charge is 2.18. The number of sulfonamides is 1. The number of nitrogens with one attached hydrogen (secondary N) is 1. The Morgan fingerprint density at radius 1 is 1.50 bits per heavy atom. The van der Waals surface area contributed by atoms with Crippen LogP contribution in [0.1, 0.15) is 5.56 Å². The minimum absolute atomic E-state index is 0.0267. The number of carboxylic acids is 1. The number of carboxylic acid groups (broad SMARTS) is 1. The number of rotatable bonds is 7. The van der Waals surface area contributed by atoms with Crippen molar-refractivity contribution >= 4 is 22.1 Å². The minimum Gasteiger partial charge on any atom is -0.478 e. The monoisotopic (exact) mass is 303 g/mol. The van der Waals surface area contributed by atoms with Crippen LogP contribution in [0.5, 0.6) is 0 Å². The number of carbonyl (C=O) groups is 1. The molecule has 0 saturated carbocycles. The highest BCUT2D eigenvalue weighted by molar-refractivity contribution is 7.89. The number of methoxy groups -OCH3 is 1. The number of hydrogen-bond donors (Lipinski definition) is 2. The van der Waals surface area contributed by atoms with Crippen LogP contribution in [0.3, 0.4) is 0 Å². The summed E-state index contributed by atoms with van der Waals surface area (Å²) in [6.07, 6.45) is 2.00. The van der Waals surface area contributed by atoms with E-state index >= 15 is 0 Å². The van der Waals surface area contributed by atoms with E-state index in [1.807, 2.05) is 0 Å². The van der Waals surface area contributed by atoms with Crippen molar-refractivity contribution < 1.29 is 27.4 Å². The first-order chi connectivity index (χ1) is 9.36. The number of benzene rings is 1. The summed E-state index contributed by atoms with van der Waals surface area (Å²) in [7, 11) is -2.54. The molecule has 1 rings (SSSR count). The van der Waals surface area contributed by atoms with Gasteiger partial charge >= 0.3 is 5.97 Å². The molecule has 0 atom stereocenters. The standard InChI is InChI=1S/C12H14FNO5S/c1-19-7-6-14-20(17,18)11-4-2-9(8-10(11)13)3-5-12(15)16/h2-5,8,14H,6-7H2,1H3,(H,15,16)/b5-3+. The molecule has 0 unspecified atom stereocenters. The third kappa shape index (κ3) is 4.72. The lowest BCUT2D eigenvalue weighted by Gasteiger charge is -2.07. The molecule has 0 radical (unpaired) electrons. The molecule has 0 fully saturated rings. The van der Waals surface area contributed by atoms with Gasteiger partial charge in [-0.05, 0) is 23.8 Å². The Bertz CT molecular complexity index is 612. The van der Waals surface area contributed by atoms with Crippen molar-refractivity contribution in [2.75, 3.05) is 20.3 Å². The first-order valence-corrected chi connectivity index (χ1v) is 7.04. The maximum absolute atomic E-state index is 13.7. The molecule has 0 amide bonds. The van der Waals surface area contributed by atoms with Crippen LogP contribution < -0.4 is 4.72 Å². The normalized spacial score (nSPS) is 11.9. The molecule has 110 valence electrons. The number of hydrogen-bond acceptors (Lipinski definition) is 4. The molecule has 1 aromatic carbocycles. The molecule has 0 spiro atoms. The molecule has 0 aliphatic heterocycles. The van der Waals surface area contributed by atoms with Crippen LogP contribution >= 0.6 is 0 Å². The van der Waals surface area contributed by atoms with Crippen LogP contribution in [0.2, 0.25) is 0 Å². The van der Waals surface area contributed by atoms with E-state index in [4.69, 9.17) is 9.84 Å². The SMILES string of the molecule is COCCNS(=O)(=O)c1ccc(/C=C/C(=O)O)cc1F. The molecule has 1 aromatic rings. The van der Waals surface area contributed by atoms with Crippen LogP contribution in [0.25, 0.3) is 6.08 Å². The Morgan fingerprint density at radius 3 is 2.75 bits per heavy atom. The van der Waals surface area contributed by atoms with E-state index in [0.717, 1.165) is 18.2 Å². The molecular weight excluding hydrogens is 289 g/mol. The van der Waals surface area contributed by atoms with Gasteiger partial charge in [-0.3, -0.25) is 0 Å². The molecule has 20 heavy (non-hydrogen) atoms. The predicted molar refractivity (Wildman–Crippen MR) is 70.1 cm³/mol. The second-order valence-corrected chi connectivity index (χ2v) is 5.49. The summed E-state index contributed by atoms with van der Waals surface area (Å²) < 4.78 is 44.2. The molecule has 0 aromatic heterocycles. The third-order valence-corrected chi connectivity index (χ3v) is 3.76. The van der Waals surface area contributed by atoms with E-state index in [2.05, 4.69) is 4.72 Å². The summed E-state index contributed by atoms with van der Waals surface area (Å²) >= 11 is 0. The number of halogens is 1. The van der Waals surface area contributed by atoms with Gasteiger partial charge < -0.3 is 9.84 Å². The Labute approximate surface area is 115 Å². The summed E-state index contributed by atoms with van der Waals surface area (Å²) in [5, 5.41) is 8.45. The largest absolute Gasteiger partial charge is 0.478 e. The van der Waals surface area contributed by atoms with E-state index in [1.54, 1.807) is 0 Å². The van der Waals surface area contributed by atoms with Crippen molar-refractivity contribution in [3.05, 3.63) is 35.7 Å². The number of aliphatic carboxylic acids is 1. The van der Waals surface area contributed by atoms with Gasteiger partial charge in [-0.25, -0.2) is 22.3 Å². The van der Waals surface area contributed by atoms with E-state index in [0.29, 0.717) is 0 Å². The second-order valence-electron chi connectivity index (χ2n) is 3.75. The molecule has 6 nitrogen and oxygen atoms in total. The maximum Gasteiger partial charge on any atom is 0.328 e. The van der Waals surface area contributed by atoms with Gasteiger partial charge in [-0.15, -0.1) is 0 Å². The summed E-state index contributed by atoms with van der Waals surface area (Å²) in [4.78, 5) is 9.83. The Morgan fingerprint density at radius 2 is 2.20 bits per heavy atom. The summed E-state index contributed by atoms with van der Waals surface area (Å²) in [6.45, 7) is 0.194. The van der Waals surface area contributed by atoms with Gasteiger partial charge in [0.15, 0.2) is 0 Å². The molecule has 0 aliphatic rings. The fourth-order valence-corrected chi connectivity index (χ4v) is 2.43. The van der Waals surface area contributed by atoms with Gasteiger partial charge in [0.05, 0.1) is 6.61 Å². The first-order valence-electron chi connectivity index (χ1n) is 5.56. The lowest BCUT2D eigenvalue weighted by molar-refractivity contribution is -0.131. The summed E-state index contributed by atoms with van der Waals surface area (Å²) in [5.74, 6) is -2.13. The van der Waals surface area contributed by atoms with Crippen LogP contribution in [0.15, 0.2) is 29.2 Å². The Balaban J connectivity index is 2.95. The highest BCUT2D eigenvalue weighted by Crippen LogP contribution is 2.16. The lowest BCUT2D eigenvalue weighted by Crippen LogP contribution is -2.27. The summed E-state index contributed by atoms with van der Waals surface area (Å²) in [6, 6.07) is 3.34. The zero-order valence-corrected chi connectivity index (χ0v) is 11.5. The topological polar surface area (TPSA) is 92.7 Å². The van der Waals surface area contributed by atoms with Crippen molar-refractivity contribution in [2.24, 2.45) is 0 Å². The highest BCUT2D eigenvalue weighted by atomic mass is 32.2. The zero-order chi connectivity index (χ0) is 15.2. The quantitative estimate of drug-likeness (QED) is 0.575. The molecule has 0 saturated heterocycles. The van der Waals surface area contributed by atoms with Crippen molar-refractivity contribution in [3.8, 4) is 0 Å². The minimum atomic E-state index is -3.96. The predicted octanol–water partition coefficient (Wildman–Crippen LogP) is 0.848. The molecular formula is C12H14FNO5S. The third-order valence-electron chi connectivity index (χ3n) is 2.26. The molecule has 0 heterocycles. The average Bonchev–Trinajstić information content (AvgIpc) is 2.36. The van der Waals surface area contributed by atoms with Gasteiger partial charge in [0.2, 0.25) is 10.0 Å². The van der Waals surface area contributed by atoms with Crippen LogP contribution in [-0.4, -0.2) is 39.8 Å². The molecule has 2 N–H and O–H groups in total. The summed E-state index contributed by atoms with van der Waals surface area (Å²) in [5.41, 5.74) is 0.251. The Kier molecular flexibility index (Phi) is 5.81. The lowest BCUT2D eigenvalue weighted by atomic mass is 10.2. The van der Waals surface area contributed by atoms with Gasteiger partial charge in [0.25, 0.3) is 0 Å². The zero-order valence-electron chi connectivity index (χ0n) is 10.7. The van der Waals surface area contributed by atoms with Crippen molar-refractivity contribution in [1.29, 1.82) is 0 Å². The van der Waals surface area contributed by atoms with Gasteiger partial charge in [-0.1, -0.05) is 6.07 Å². The van der Waals surface area contributed by atoms with Gasteiger partial charge in [0.1, 0.15) is 10.7 Å². The van der Waals surface area contributed by atoms with Crippen LogP contribution in [0, 0.1) is 5.82 Å². The van der Waals surface area contributed by atoms with E-state index < -0.39 is 26.7 Å². The molecule has 8 heteroatoms.